The van der Waals surface area contributed by atoms with Crippen LogP contribution in [0.3, 0.4) is 0 Å². The van der Waals surface area contributed by atoms with Gasteiger partial charge in [0.2, 0.25) is 0 Å². The third-order valence-corrected chi connectivity index (χ3v) is 3.74. The van der Waals surface area contributed by atoms with Crippen molar-refractivity contribution < 1.29 is 0 Å². The van der Waals surface area contributed by atoms with E-state index in [1.807, 2.05) is 0 Å². The quantitative estimate of drug-likeness (QED) is 0.742. The molecule has 74 valence electrons. The van der Waals surface area contributed by atoms with Crippen LogP contribution in [0.4, 0.5) is 11.4 Å². The number of rotatable bonds is 0. The first kappa shape index (κ1) is 8.60. The lowest BCUT2D eigenvalue weighted by atomic mass is 10.1. The fraction of sp³-hybridized carbons (Fsp3) is 0.455. The average molecular weight is 253 g/mol. The van der Waals surface area contributed by atoms with Crippen LogP contribution in [-0.4, -0.2) is 13.1 Å². The molecule has 0 unspecified atom stereocenters. The lowest BCUT2D eigenvalue weighted by molar-refractivity contribution is 0.582. The number of halogens is 1. The standard InChI is InChI=1S/C11H13BrN2/c12-8-1-2-9-10(5-8)14-7-11(3-4-11)6-13-9/h1-2,5,13-14H,3-4,6-7H2. The summed E-state index contributed by atoms with van der Waals surface area (Å²) in [6.07, 6.45) is 2.73. The Labute approximate surface area is 92.2 Å². The summed E-state index contributed by atoms with van der Waals surface area (Å²) >= 11 is 3.49. The summed E-state index contributed by atoms with van der Waals surface area (Å²) in [5.74, 6) is 0. The number of hydrogen-bond acceptors (Lipinski definition) is 2. The van der Waals surface area contributed by atoms with Crippen molar-refractivity contribution in [3.8, 4) is 0 Å². The van der Waals surface area contributed by atoms with E-state index in [4.69, 9.17) is 0 Å². The van der Waals surface area contributed by atoms with Gasteiger partial charge in [-0.25, -0.2) is 0 Å². The van der Waals surface area contributed by atoms with Gasteiger partial charge < -0.3 is 10.6 Å². The highest BCUT2D eigenvalue weighted by molar-refractivity contribution is 9.10. The molecule has 1 saturated carbocycles. The zero-order valence-electron chi connectivity index (χ0n) is 7.94. The molecule has 2 aliphatic rings. The second-order valence-electron chi connectivity index (χ2n) is 4.40. The van der Waals surface area contributed by atoms with Crippen LogP contribution in [0.2, 0.25) is 0 Å². The Morgan fingerprint density at radius 3 is 2.50 bits per heavy atom. The van der Waals surface area contributed by atoms with Crippen LogP contribution in [0.1, 0.15) is 12.8 Å². The Bertz CT molecular complexity index is 372. The van der Waals surface area contributed by atoms with Gasteiger partial charge in [-0.3, -0.25) is 0 Å². The summed E-state index contributed by atoms with van der Waals surface area (Å²) in [7, 11) is 0. The maximum absolute atomic E-state index is 3.53. The van der Waals surface area contributed by atoms with Crippen LogP contribution in [0.15, 0.2) is 22.7 Å². The minimum atomic E-state index is 0.547. The van der Waals surface area contributed by atoms with Crippen molar-refractivity contribution in [3.63, 3.8) is 0 Å². The molecule has 3 heteroatoms. The van der Waals surface area contributed by atoms with Crippen molar-refractivity contribution in [2.45, 2.75) is 12.8 Å². The summed E-state index contributed by atoms with van der Waals surface area (Å²) in [5.41, 5.74) is 3.01. The maximum atomic E-state index is 3.53. The molecule has 3 rings (SSSR count). The van der Waals surface area contributed by atoms with Gasteiger partial charge in [-0.15, -0.1) is 0 Å². The van der Waals surface area contributed by atoms with Crippen LogP contribution >= 0.6 is 15.9 Å². The Kier molecular flexibility index (Phi) is 1.78. The average Bonchev–Trinajstić information content (AvgIpc) is 2.96. The molecule has 1 fully saturated rings. The SMILES string of the molecule is Brc1ccc2c(c1)NCC1(CC1)CN2. The van der Waals surface area contributed by atoms with E-state index in [9.17, 15) is 0 Å². The number of fused-ring (bicyclic) bond motifs is 1. The summed E-state index contributed by atoms with van der Waals surface area (Å²) in [5, 5.41) is 7.05. The molecule has 1 heterocycles. The second kappa shape index (κ2) is 2.89. The smallest absolute Gasteiger partial charge is 0.0587 e. The molecule has 1 spiro atoms. The summed E-state index contributed by atoms with van der Waals surface area (Å²) in [4.78, 5) is 0. The van der Waals surface area contributed by atoms with E-state index in [0.717, 1.165) is 17.6 Å². The van der Waals surface area contributed by atoms with E-state index in [0.29, 0.717) is 5.41 Å². The van der Waals surface area contributed by atoms with Gasteiger partial charge in [-0.1, -0.05) is 15.9 Å². The maximum Gasteiger partial charge on any atom is 0.0587 e. The fourth-order valence-corrected chi connectivity index (χ4v) is 2.34. The predicted octanol–water partition coefficient (Wildman–Crippen LogP) is 3.07. The molecule has 0 atom stereocenters. The summed E-state index contributed by atoms with van der Waals surface area (Å²) < 4.78 is 1.14. The highest BCUT2D eigenvalue weighted by Crippen LogP contribution is 2.47. The molecule has 1 aromatic rings. The first-order chi connectivity index (χ1) is 6.77. The molecule has 2 N–H and O–H groups in total. The topological polar surface area (TPSA) is 24.1 Å². The van der Waals surface area contributed by atoms with Gasteiger partial charge in [0.1, 0.15) is 0 Å². The normalized spacial score (nSPS) is 21.8. The van der Waals surface area contributed by atoms with E-state index in [1.54, 1.807) is 0 Å². The van der Waals surface area contributed by atoms with E-state index >= 15 is 0 Å². The number of nitrogens with one attached hydrogen (secondary N) is 2. The highest BCUT2D eigenvalue weighted by atomic mass is 79.9. The first-order valence-electron chi connectivity index (χ1n) is 5.05. The molecule has 0 saturated heterocycles. The van der Waals surface area contributed by atoms with E-state index < -0.39 is 0 Å². The van der Waals surface area contributed by atoms with Crippen LogP contribution in [0, 0.1) is 5.41 Å². The minimum Gasteiger partial charge on any atom is -0.383 e. The lowest BCUT2D eigenvalue weighted by Crippen LogP contribution is -2.19. The van der Waals surface area contributed by atoms with E-state index in [-0.39, 0.29) is 0 Å². The second-order valence-corrected chi connectivity index (χ2v) is 5.31. The van der Waals surface area contributed by atoms with Crippen molar-refractivity contribution in [3.05, 3.63) is 22.7 Å². The molecule has 14 heavy (non-hydrogen) atoms. The van der Waals surface area contributed by atoms with E-state index in [1.165, 1.54) is 24.2 Å². The summed E-state index contributed by atoms with van der Waals surface area (Å²) in [6, 6.07) is 6.36. The molecule has 0 aromatic heterocycles. The summed E-state index contributed by atoms with van der Waals surface area (Å²) in [6.45, 7) is 2.23. The highest BCUT2D eigenvalue weighted by Gasteiger charge is 2.43. The van der Waals surface area contributed by atoms with Crippen LogP contribution in [0.5, 0.6) is 0 Å². The molecular formula is C11H13BrN2. The van der Waals surface area contributed by atoms with E-state index in [2.05, 4.69) is 44.8 Å². The van der Waals surface area contributed by atoms with Gasteiger partial charge >= 0.3 is 0 Å². The molecule has 2 nitrogen and oxygen atoms in total. The van der Waals surface area contributed by atoms with Gasteiger partial charge in [0.25, 0.3) is 0 Å². The Morgan fingerprint density at radius 1 is 1.07 bits per heavy atom. The minimum absolute atomic E-state index is 0.547. The number of hydrogen-bond donors (Lipinski definition) is 2. The van der Waals surface area contributed by atoms with Crippen molar-refractivity contribution in [2.75, 3.05) is 23.7 Å². The molecule has 0 bridgehead atoms. The van der Waals surface area contributed by atoms with Gasteiger partial charge in [0.15, 0.2) is 0 Å². The van der Waals surface area contributed by atoms with Gasteiger partial charge in [0, 0.05) is 23.0 Å². The Balaban J connectivity index is 1.93. The van der Waals surface area contributed by atoms with Crippen molar-refractivity contribution in [1.82, 2.24) is 0 Å². The van der Waals surface area contributed by atoms with Crippen molar-refractivity contribution in [1.29, 1.82) is 0 Å². The number of benzene rings is 1. The van der Waals surface area contributed by atoms with Crippen LogP contribution in [-0.2, 0) is 0 Å². The lowest BCUT2D eigenvalue weighted by Gasteiger charge is -2.10. The van der Waals surface area contributed by atoms with Gasteiger partial charge in [0.05, 0.1) is 11.4 Å². The van der Waals surface area contributed by atoms with Crippen LogP contribution < -0.4 is 10.6 Å². The predicted molar refractivity (Wildman–Crippen MR) is 62.8 cm³/mol. The Hall–Kier alpha value is -0.700. The largest absolute Gasteiger partial charge is 0.383 e. The third-order valence-electron chi connectivity index (χ3n) is 3.25. The van der Waals surface area contributed by atoms with Gasteiger partial charge in [-0.2, -0.15) is 0 Å². The van der Waals surface area contributed by atoms with Gasteiger partial charge in [-0.05, 0) is 31.0 Å². The third kappa shape index (κ3) is 1.40. The van der Waals surface area contributed by atoms with Crippen molar-refractivity contribution in [2.24, 2.45) is 5.41 Å². The van der Waals surface area contributed by atoms with Crippen molar-refractivity contribution >= 4 is 27.3 Å². The first-order valence-corrected chi connectivity index (χ1v) is 5.84. The fourth-order valence-electron chi connectivity index (χ4n) is 1.98. The molecule has 0 amide bonds. The molecule has 1 aliphatic heterocycles. The molecule has 1 aromatic carbocycles. The Morgan fingerprint density at radius 2 is 1.79 bits per heavy atom. The van der Waals surface area contributed by atoms with Crippen LogP contribution in [0.25, 0.3) is 0 Å². The molecule has 0 radical (unpaired) electrons. The monoisotopic (exact) mass is 252 g/mol. The number of anilines is 2. The molecular weight excluding hydrogens is 240 g/mol. The zero-order chi connectivity index (χ0) is 9.60. The zero-order valence-corrected chi connectivity index (χ0v) is 9.52. The molecule has 1 aliphatic carbocycles.